The lowest BCUT2D eigenvalue weighted by Gasteiger charge is -2.21. The molecule has 3 N–H and O–H groups in total. The highest BCUT2D eigenvalue weighted by atomic mass is 35.5. The number of aliphatic hydroxyl groups excluding tert-OH is 1. The minimum atomic E-state index is -4.66. The molecular weight excluding hydrogens is 393 g/mol. The maximum atomic E-state index is 13.0. The van der Waals surface area contributed by atoms with Gasteiger partial charge in [0.2, 0.25) is 0 Å². The number of halogens is 4. The first-order valence-electron chi connectivity index (χ1n) is 7.19. The van der Waals surface area contributed by atoms with E-state index in [1.165, 1.54) is 31.2 Å². The van der Waals surface area contributed by atoms with Crippen LogP contribution < -0.4 is 9.62 Å². The van der Waals surface area contributed by atoms with Gasteiger partial charge in [0.15, 0.2) is 0 Å². The lowest BCUT2D eigenvalue weighted by molar-refractivity contribution is -0.136. The molecule has 0 radical (unpaired) electrons. The number of amides is 2. The second-order valence-electron chi connectivity index (χ2n) is 5.32. The molecule has 1 atom stereocenters. The fourth-order valence-corrected chi connectivity index (χ4v) is 2.63. The number of nitrogens with one attached hydrogen (secondary N) is 1. The summed E-state index contributed by atoms with van der Waals surface area (Å²) in [6.45, 7) is 1.37. The maximum Gasteiger partial charge on any atom is 0.418 e. The number of nitrogens with zero attached hydrogens (tertiary/aromatic N) is 1. The monoisotopic (exact) mass is 406 g/mol. The molecule has 5 nitrogen and oxygen atoms in total. The van der Waals surface area contributed by atoms with Crippen LogP contribution in [0.2, 0.25) is 5.02 Å². The summed E-state index contributed by atoms with van der Waals surface area (Å²) in [6.07, 6.45) is -5.76. The molecule has 10 heteroatoms. The third kappa shape index (κ3) is 4.35. The number of hydrogen-bond acceptors (Lipinski definition) is 4. The minimum Gasteiger partial charge on any atom is -0.505 e. The van der Waals surface area contributed by atoms with Crippen molar-refractivity contribution in [3.05, 3.63) is 52.5 Å². The van der Waals surface area contributed by atoms with Gasteiger partial charge in [-0.2, -0.15) is 13.2 Å². The van der Waals surface area contributed by atoms with E-state index in [2.05, 4.69) is 18.1 Å². The van der Waals surface area contributed by atoms with Crippen molar-refractivity contribution in [1.29, 1.82) is 0 Å². The Kier molecular flexibility index (Phi) is 5.94. The Labute approximate surface area is 157 Å². The van der Waals surface area contributed by atoms with E-state index < -0.39 is 35.3 Å². The van der Waals surface area contributed by atoms with Crippen molar-refractivity contribution >= 4 is 41.8 Å². The molecular formula is C16H14ClF3N2O3S. The summed E-state index contributed by atoms with van der Waals surface area (Å²) < 4.78 is 39.6. The van der Waals surface area contributed by atoms with Gasteiger partial charge in [-0.25, -0.2) is 9.10 Å². The van der Waals surface area contributed by atoms with Gasteiger partial charge in [0, 0.05) is 10.6 Å². The van der Waals surface area contributed by atoms with E-state index >= 15 is 0 Å². The number of hydrogen-bond donors (Lipinski definition) is 4. The van der Waals surface area contributed by atoms with E-state index in [0.29, 0.717) is 4.31 Å². The second-order valence-corrected chi connectivity index (χ2v) is 6.16. The van der Waals surface area contributed by atoms with Crippen LogP contribution in [0.1, 0.15) is 24.2 Å². The maximum absolute atomic E-state index is 13.0. The minimum absolute atomic E-state index is 0.0371. The van der Waals surface area contributed by atoms with Crippen LogP contribution in [0, 0.1) is 0 Å². The number of para-hydroxylation sites is 1. The number of thiol groups is 1. The summed E-state index contributed by atoms with van der Waals surface area (Å²) in [5.74, 6) is -0.473. The molecule has 0 bridgehead atoms. The predicted octanol–water partition coefficient (Wildman–Crippen LogP) is 5.00. The van der Waals surface area contributed by atoms with E-state index in [0.717, 1.165) is 12.1 Å². The summed E-state index contributed by atoms with van der Waals surface area (Å²) in [7, 11) is 0. The van der Waals surface area contributed by atoms with Crippen LogP contribution in [0.5, 0.6) is 5.75 Å². The van der Waals surface area contributed by atoms with Crippen molar-refractivity contribution in [3.8, 4) is 5.75 Å². The first kappa shape index (κ1) is 20.2. The number of anilines is 2. The van der Waals surface area contributed by atoms with Crippen LogP contribution in [0.4, 0.5) is 29.3 Å². The van der Waals surface area contributed by atoms with Crippen LogP contribution in [0.25, 0.3) is 0 Å². The van der Waals surface area contributed by atoms with Crippen molar-refractivity contribution in [2.24, 2.45) is 0 Å². The first-order chi connectivity index (χ1) is 12.0. The van der Waals surface area contributed by atoms with Gasteiger partial charge < -0.3 is 15.5 Å². The molecule has 0 heterocycles. The molecule has 0 saturated heterocycles. The molecule has 0 saturated carbocycles. The van der Waals surface area contributed by atoms with E-state index in [1.54, 1.807) is 0 Å². The molecule has 0 fully saturated rings. The van der Waals surface area contributed by atoms with Crippen LogP contribution in [0.3, 0.4) is 0 Å². The summed E-state index contributed by atoms with van der Waals surface area (Å²) in [5, 5.41) is 22.0. The number of carbonyl (C=O) groups is 1. The molecule has 1 unspecified atom stereocenters. The van der Waals surface area contributed by atoms with E-state index in [9.17, 15) is 28.2 Å². The number of urea groups is 1. The van der Waals surface area contributed by atoms with Crippen LogP contribution in [-0.4, -0.2) is 16.2 Å². The molecule has 2 aromatic carbocycles. The van der Waals surface area contributed by atoms with Crippen molar-refractivity contribution in [2.45, 2.75) is 19.2 Å². The van der Waals surface area contributed by atoms with Gasteiger partial charge in [-0.1, -0.05) is 36.5 Å². The van der Waals surface area contributed by atoms with Gasteiger partial charge in [0.25, 0.3) is 0 Å². The fourth-order valence-electron chi connectivity index (χ4n) is 2.20. The summed E-state index contributed by atoms with van der Waals surface area (Å²) in [6, 6.07) is 5.85. The summed E-state index contributed by atoms with van der Waals surface area (Å²) >= 11 is 9.82. The number of alkyl halides is 3. The van der Waals surface area contributed by atoms with Gasteiger partial charge in [-0.05, 0) is 31.2 Å². The highest BCUT2D eigenvalue weighted by Gasteiger charge is 2.34. The lowest BCUT2D eigenvalue weighted by atomic mass is 10.1. The number of benzene rings is 2. The molecule has 0 aliphatic carbocycles. The Bertz CT molecular complexity index is 831. The number of aromatic hydroxyl groups is 1. The van der Waals surface area contributed by atoms with Crippen molar-refractivity contribution in [1.82, 2.24) is 0 Å². The number of rotatable bonds is 3. The molecule has 2 amide bonds. The zero-order valence-electron chi connectivity index (χ0n) is 13.3. The molecule has 140 valence electrons. The van der Waals surface area contributed by atoms with Crippen LogP contribution in [-0.2, 0) is 6.18 Å². The Balaban J connectivity index is 2.36. The van der Waals surface area contributed by atoms with Crippen molar-refractivity contribution < 1.29 is 28.2 Å². The number of phenols is 1. The van der Waals surface area contributed by atoms with E-state index in [4.69, 9.17) is 11.6 Å². The van der Waals surface area contributed by atoms with Gasteiger partial charge in [0.05, 0.1) is 17.4 Å². The topological polar surface area (TPSA) is 72.8 Å². The second kappa shape index (κ2) is 7.65. The Morgan fingerprint density at radius 3 is 2.50 bits per heavy atom. The van der Waals surface area contributed by atoms with E-state index in [1.807, 2.05) is 0 Å². The summed E-state index contributed by atoms with van der Waals surface area (Å²) in [4.78, 5) is 12.3. The zero-order chi connectivity index (χ0) is 19.6. The Hall–Kier alpha value is -2.10. The normalized spacial score (nSPS) is 12.6. The molecule has 0 aromatic heterocycles. The van der Waals surface area contributed by atoms with Crippen molar-refractivity contribution in [3.63, 3.8) is 0 Å². The van der Waals surface area contributed by atoms with Crippen LogP contribution >= 0.6 is 24.4 Å². The van der Waals surface area contributed by atoms with Crippen LogP contribution in [0.15, 0.2) is 36.4 Å². The van der Waals surface area contributed by atoms with E-state index in [-0.39, 0.29) is 16.3 Å². The number of phenolic OH excluding ortho intramolecular Hbond substituents is 1. The summed E-state index contributed by atoms with van der Waals surface area (Å²) in [5.41, 5.74) is -1.66. The highest BCUT2D eigenvalue weighted by molar-refractivity contribution is 7.82. The predicted molar refractivity (Wildman–Crippen MR) is 95.7 cm³/mol. The molecule has 26 heavy (non-hydrogen) atoms. The molecule has 0 aliphatic rings. The Morgan fingerprint density at radius 2 is 1.92 bits per heavy atom. The van der Waals surface area contributed by atoms with Gasteiger partial charge in [-0.15, -0.1) is 0 Å². The highest BCUT2D eigenvalue weighted by Crippen LogP contribution is 2.39. The fraction of sp³-hybridized carbons (Fsp3) is 0.188. The zero-order valence-corrected chi connectivity index (χ0v) is 14.9. The third-order valence-corrected chi connectivity index (χ3v) is 4.04. The molecule has 2 rings (SSSR count). The first-order valence-corrected chi connectivity index (χ1v) is 7.97. The van der Waals surface area contributed by atoms with Gasteiger partial charge in [0.1, 0.15) is 11.4 Å². The van der Waals surface area contributed by atoms with Crippen molar-refractivity contribution in [2.75, 3.05) is 9.62 Å². The average Bonchev–Trinajstić information content (AvgIpc) is 2.55. The van der Waals surface area contributed by atoms with Gasteiger partial charge >= 0.3 is 12.2 Å². The quantitative estimate of drug-likeness (QED) is 0.542. The largest absolute Gasteiger partial charge is 0.505 e. The van der Waals surface area contributed by atoms with Gasteiger partial charge in [-0.3, -0.25) is 0 Å². The number of carbonyl (C=O) groups excluding carboxylic acids is 1. The third-order valence-electron chi connectivity index (χ3n) is 3.43. The molecule has 0 spiro atoms. The number of aliphatic hydroxyl groups is 1. The lowest BCUT2D eigenvalue weighted by Crippen LogP contribution is -2.28. The smallest absolute Gasteiger partial charge is 0.418 e. The standard InChI is InChI=1S/C16H14ClF3N2O3S/c1-8(23)10-6-9(17)7-13(14(10)24)22(26)15(25)21-12-5-3-2-4-11(12)16(18,19)20/h2-8,23-24,26H,1H3,(H,21,25). The SMILES string of the molecule is CC(O)c1cc(Cl)cc(N(S)C(=O)Nc2ccccc2C(F)(F)F)c1O. The molecule has 2 aromatic rings. The average molecular weight is 407 g/mol. The molecule has 0 aliphatic heterocycles. The Morgan fingerprint density at radius 1 is 1.31 bits per heavy atom.